The largest absolute Gasteiger partial charge is 0.361 e. The Morgan fingerprint density at radius 1 is 1.45 bits per heavy atom. The minimum atomic E-state index is -0.0763. The van der Waals surface area contributed by atoms with E-state index >= 15 is 0 Å². The van der Waals surface area contributed by atoms with Crippen molar-refractivity contribution in [3.8, 4) is 0 Å². The number of amides is 1. The molecule has 118 valence electrons. The molecule has 2 rings (SSSR count). The molecule has 2 heterocycles. The minimum absolute atomic E-state index is 0.0763. The van der Waals surface area contributed by atoms with E-state index in [1.807, 2.05) is 13.0 Å². The van der Waals surface area contributed by atoms with Gasteiger partial charge in [-0.3, -0.25) is 4.79 Å². The minimum Gasteiger partial charge on any atom is -0.361 e. The van der Waals surface area contributed by atoms with Crippen molar-refractivity contribution in [2.75, 3.05) is 6.54 Å². The summed E-state index contributed by atoms with van der Waals surface area (Å²) in [7, 11) is 0. The molecule has 0 radical (unpaired) electrons. The normalized spacial score (nSPS) is 10.9. The van der Waals surface area contributed by atoms with Gasteiger partial charge in [0.1, 0.15) is 10.8 Å². The maximum atomic E-state index is 12.3. The SMILES string of the molecule is Cc1cc(CSc2ncccc2C(=O)NCCC(C)C)no1. The summed E-state index contributed by atoms with van der Waals surface area (Å²) in [5.41, 5.74) is 1.45. The Morgan fingerprint density at radius 3 is 2.95 bits per heavy atom. The Kier molecular flexibility index (Phi) is 6.00. The van der Waals surface area contributed by atoms with E-state index in [4.69, 9.17) is 4.52 Å². The first-order valence-corrected chi connectivity index (χ1v) is 8.33. The summed E-state index contributed by atoms with van der Waals surface area (Å²) in [4.78, 5) is 16.6. The van der Waals surface area contributed by atoms with Crippen LogP contribution in [0, 0.1) is 12.8 Å². The lowest BCUT2D eigenvalue weighted by Crippen LogP contribution is -2.26. The molecule has 22 heavy (non-hydrogen) atoms. The smallest absolute Gasteiger partial charge is 0.254 e. The van der Waals surface area contributed by atoms with Gasteiger partial charge in [0.2, 0.25) is 0 Å². The van der Waals surface area contributed by atoms with Crippen molar-refractivity contribution in [3.05, 3.63) is 41.4 Å². The molecule has 0 aromatic carbocycles. The van der Waals surface area contributed by atoms with Gasteiger partial charge in [0.15, 0.2) is 0 Å². The number of pyridine rings is 1. The molecule has 0 aliphatic heterocycles. The Morgan fingerprint density at radius 2 is 2.27 bits per heavy atom. The fourth-order valence-corrected chi connectivity index (χ4v) is 2.75. The lowest BCUT2D eigenvalue weighted by molar-refractivity contribution is 0.0948. The molecule has 0 saturated heterocycles. The molecule has 0 spiro atoms. The zero-order chi connectivity index (χ0) is 15.9. The predicted octanol–water partition coefficient (Wildman–Crippen LogP) is 3.45. The second kappa shape index (κ2) is 7.98. The number of nitrogens with one attached hydrogen (secondary N) is 1. The van der Waals surface area contributed by atoms with Crippen molar-refractivity contribution in [1.29, 1.82) is 0 Å². The fraction of sp³-hybridized carbons (Fsp3) is 0.438. The zero-order valence-electron chi connectivity index (χ0n) is 13.1. The maximum absolute atomic E-state index is 12.3. The van der Waals surface area contributed by atoms with Gasteiger partial charge in [-0.1, -0.05) is 30.8 Å². The highest BCUT2D eigenvalue weighted by Gasteiger charge is 2.13. The van der Waals surface area contributed by atoms with Gasteiger partial charge in [-0.15, -0.1) is 0 Å². The van der Waals surface area contributed by atoms with Crippen LogP contribution in [-0.4, -0.2) is 22.6 Å². The second-order valence-electron chi connectivity index (χ2n) is 5.51. The molecule has 0 aliphatic rings. The van der Waals surface area contributed by atoms with Crippen molar-refractivity contribution < 1.29 is 9.32 Å². The van der Waals surface area contributed by atoms with Crippen LogP contribution in [0.15, 0.2) is 33.9 Å². The summed E-state index contributed by atoms with van der Waals surface area (Å²) < 4.78 is 5.04. The molecule has 6 heteroatoms. The van der Waals surface area contributed by atoms with Crippen molar-refractivity contribution in [1.82, 2.24) is 15.5 Å². The molecular weight excluding hydrogens is 298 g/mol. The van der Waals surface area contributed by atoms with Crippen molar-refractivity contribution in [2.45, 2.75) is 38.0 Å². The topological polar surface area (TPSA) is 68.0 Å². The van der Waals surface area contributed by atoms with E-state index in [1.165, 1.54) is 11.8 Å². The Balaban J connectivity index is 1.98. The molecule has 1 N–H and O–H groups in total. The summed E-state index contributed by atoms with van der Waals surface area (Å²) in [5, 5.41) is 7.61. The molecule has 1 amide bonds. The lowest BCUT2D eigenvalue weighted by atomic mass is 10.1. The molecule has 0 saturated carbocycles. The lowest BCUT2D eigenvalue weighted by Gasteiger charge is -2.09. The first-order valence-electron chi connectivity index (χ1n) is 7.34. The van der Waals surface area contributed by atoms with Crippen LogP contribution in [0.25, 0.3) is 0 Å². The number of carbonyl (C=O) groups is 1. The number of rotatable bonds is 7. The fourth-order valence-electron chi connectivity index (χ4n) is 1.88. The number of aryl methyl sites for hydroxylation is 1. The number of hydrogen-bond acceptors (Lipinski definition) is 5. The van der Waals surface area contributed by atoms with Gasteiger partial charge in [0.25, 0.3) is 5.91 Å². The van der Waals surface area contributed by atoms with Crippen LogP contribution in [0.3, 0.4) is 0 Å². The molecule has 0 atom stereocenters. The Bertz CT molecular complexity index is 625. The summed E-state index contributed by atoms with van der Waals surface area (Å²) >= 11 is 1.49. The number of carbonyl (C=O) groups excluding carboxylic acids is 1. The summed E-state index contributed by atoms with van der Waals surface area (Å²) in [6, 6.07) is 5.47. The number of hydrogen-bond donors (Lipinski definition) is 1. The van der Waals surface area contributed by atoms with Gasteiger partial charge in [-0.05, 0) is 31.4 Å². The van der Waals surface area contributed by atoms with Crippen molar-refractivity contribution in [3.63, 3.8) is 0 Å². The van der Waals surface area contributed by atoms with Gasteiger partial charge in [-0.2, -0.15) is 0 Å². The van der Waals surface area contributed by atoms with Crippen LogP contribution in [0.2, 0.25) is 0 Å². The molecule has 2 aromatic rings. The number of nitrogens with zero attached hydrogens (tertiary/aromatic N) is 2. The molecule has 0 aliphatic carbocycles. The second-order valence-corrected chi connectivity index (χ2v) is 6.48. The van der Waals surface area contributed by atoms with E-state index < -0.39 is 0 Å². The molecule has 0 fully saturated rings. The van der Waals surface area contributed by atoms with Crippen LogP contribution in [0.5, 0.6) is 0 Å². The van der Waals surface area contributed by atoms with E-state index in [2.05, 4.69) is 29.3 Å². The third-order valence-electron chi connectivity index (χ3n) is 3.06. The third kappa shape index (κ3) is 4.87. The van der Waals surface area contributed by atoms with E-state index in [9.17, 15) is 4.79 Å². The van der Waals surface area contributed by atoms with Gasteiger partial charge in [0.05, 0.1) is 11.3 Å². The highest BCUT2D eigenvalue weighted by molar-refractivity contribution is 7.98. The first-order chi connectivity index (χ1) is 10.6. The molecule has 0 unspecified atom stereocenters. The summed E-state index contributed by atoms with van der Waals surface area (Å²) in [5.74, 6) is 1.90. The molecule has 5 nitrogen and oxygen atoms in total. The number of thioether (sulfide) groups is 1. The van der Waals surface area contributed by atoms with Crippen LogP contribution >= 0.6 is 11.8 Å². The maximum Gasteiger partial charge on any atom is 0.254 e. The Labute approximate surface area is 134 Å². The molecule has 0 bridgehead atoms. The first kappa shape index (κ1) is 16.5. The van der Waals surface area contributed by atoms with E-state index in [-0.39, 0.29) is 5.91 Å². The highest BCUT2D eigenvalue weighted by Crippen LogP contribution is 2.24. The van der Waals surface area contributed by atoms with Crippen LogP contribution in [0.4, 0.5) is 0 Å². The van der Waals surface area contributed by atoms with Gasteiger partial charge < -0.3 is 9.84 Å². The average molecular weight is 319 g/mol. The highest BCUT2D eigenvalue weighted by atomic mass is 32.2. The monoisotopic (exact) mass is 319 g/mol. The molecular formula is C16H21N3O2S. The van der Waals surface area contributed by atoms with Crippen LogP contribution in [-0.2, 0) is 5.75 Å². The van der Waals surface area contributed by atoms with Crippen LogP contribution in [0.1, 0.15) is 42.1 Å². The summed E-state index contributed by atoms with van der Waals surface area (Å²) in [6.07, 6.45) is 2.66. The van der Waals surface area contributed by atoms with Crippen LogP contribution < -0.4 is 5.32 Å². The zero-order valence-corrected chi connectivity index (χ0v) is 13.9. The molecule has 2 aromatic heterocycles. The van der Waals surface area contributed by atoms with E-state index in [0.29, 0.717) is 28.8 Å². The standard InChI is InChI=1S/C16H21N3O2S/c1-11(2)6-8-17-15(20)14-5-4-7-18-16(14)22-10-13-9-12(3)21-19-13/h4-5,7,9,11H,6,8,10H2,1-3H3,(H,17,20). The summed E-state index contributed by atoms with van der Waals surface area (Å²) in [6.45, 7) is 6.81. The quantitative estimate of drug-likeness (QED) is 0.792. The Hall–Kier alpha value is -1.82. The van der Waals surface area contributed by atoms with Gasteiger partial charge >= 0.3 is 0 Å². The van der Waals surface area contributed by atoms with E-state index in [0.717, 1.165) is 17.9 Å². The number of aromatic nitrogens is 2. The predicted molar refractivity (Wildman–Crippen MR) is 86.8 cm³/mol. The average Bonchev–Trinajstić information content (AvgIpc) is 2.90. The van der Waals surface area contributed by atoms with Gasteiger partial charge in [0, 0.05) is 24.6 Å². The third-order valence-corrected chi connectivity index (χ3v) is 4.10. The van der Waals surface area contributed by atoms with Crippen molar-refractivity contribution in [2.24, 2.45) is 5.92 Å². The van der Waals surface area contributed by atoms with Crippen molar-refractivity contribution >= 4 is 17.7 Å². The van der Waals surface area contributed by atoms with E-state index in [1.54, 1.807) is 18.3 Å². The van der Waals surface area contributed by atoms with Gasteiger partial charge in [-0.25, -0.2) is 4.98 Å².